The summed E-state index contributed by atoms with van der Waals surface area (Å²) in [4.78, 5) is 39.7. The number of amides is 3. The third-order valence-corrected chi connectivity index (χ3v) is 6.64. The van der Waals surface area contributed by atoms with Crippen molar-refractivity contribution in [2.45, 2.75) is 19.3 Å². The monoisotopic (exact) mass is 390 g/mol. The van der Waals surface area contributed by atoms with Crippen molar-refractivity contribution in [3.63, 3.8) is 0 Å². The molecule has 0 aromatic heterocycles. The lowest BCUT2D eigenvalue weighted by Crippen LogP contribution is -2.32. The molecule has 2 bridgehead atoms. The molecule has 3 amide bonds. The van der Waals surface area contributed by atoms with Crippen molar-refractivity contribution in [2.75, 3.05) is 17.3 Å². The first-order valence-electron chi connectivity index (χ1n) is 10.00. The van der Waals surface area contributed by atoms with Crippen LogP contribution in [0.2, 0.25) is 0 Å². The molecular formula is C23H22N2O4. The smallest absolute Gasteiger partial charge is 0.255 e. The van der Waals surface area contributed by atoms with Crippen LogP contribution in [0.4, 0.5) is 11.4 Å². The molecule has 3 aliphatic rings. The second kappa shape index (κ2) is 6.72. The van der Waals surface area contributed by atoms with E-state index in [1.165, 1.54) is 4.90 Å². The summed E-state index contributed by atoms with van der Waals surface area (Å²) in [7, 11) is 1.57. The van der Waals surface area contributed by atoms with Gasteiger partial charge < -0.3 is 10.1 Å². The first kappa shape index (κ1) is 17.9. The van der Waals surface area contributed by atoms with E-state index in [0.29, 0.717) is 34.5 Å². The fraction of sp³-hybridized carbons (Fsp3) is 0.348. The van der Waals surface area contributed by atoms with Gasteiger partial charge in [-0.2, -0.15) is 0 Å². The molecule has 5 rings (SSSR count). The molecule has 0 spiro atoms. The van der Waals surface area contributed by atoms with E-state index in [-0.39, 0.29) is 29.6 Å². The van der Waals surface area contributed by atoms with Crippen LogP contribution in [-0.4, -0.2) is 24.8 Å². The summed E-state index contributed by atoms with van der Waals surface area (Å²) < 4.78 is 5.17. The normalized spacial score (nSPS) is 27.3. The standard InChI is InChI=1S/C23H22N2O4/c1-29-18-4-2-3-16(12-18)24-21(26)13-7-9-17(10-8-13)25-22(27)19-14-5-6-15(11-14)20(19)23(25)28/h2-4,7-10,12,14-15,19-20H,5-6,11H2,1H3,(H,24,26)/t14-,15+,19-,20-/m0/s1. The molecule has 2 aromatic carbocycles. The Morgan fingerprint density at radius 3 is 2.28 bits per heavy atom. The molecule has 4 atom stereocenters. The number of nitrogens with one attached hydrogen (secondary N) is 1. The molecule has 2 saturated carbocycles. The van der Waals surface area contributed by atoms with Gasteiger partial charge in [-0.25, -0.2) is 0 Å². The molecule has 1 aliphatic heterocycles. The minimum Gasteiger partial charge on any atom is -0.497 e. The summed E-state index contributed by atoms with van der Waals surface area (Å²) >= 11 is 0. The highest BCUT2D eigenvalue weighted by molar-refractivity contribution is 6.22. The number of ether oxygens (including phenoxy) is 1. The molecule has 29 heavy (non-hydrogen) atoms. The van der Waals surface area contributed by atoms with Crippen LogP contribution in [0.1, 0.15) is 29.6 Å². The van der Waals surface area contributed by atoms with E-state index >= 15 is 0 Å². The van der Waals surface area contributed by atoms with Gasteiger partial charge in [-0.3, -0.25) is 19.3 Å². The number of nitrogens with zero attached hydrogens (tertiary/aromatic N) is 1. The van der Waals surface area contributed by atoms with Crippen LogP contribution >= 0.6 is 0 Å². The van der Waals surface area contributed by atoms with Gasteiger partial charge in [0.2, 0.25) is 11.8 Å². The van der Waals surface area contributed by atoms with Gasteiger partial charge in [0, 0.05) is 17.3 Å². The number of methoxy groups -OCH3 is 1. The fourth-order valence-electron chi connectivity index (χ4n) is 5.33. The van der Waals surface area contributed by atoms with Gasteiger partial charge in [-0.1, -0.05) is 6.07 Å². The lowest BCUT2D eigenvalue weighted by atomic mass is 9.81. The van der Waals surface area contributed by atoms with Crippen molar-refractivity contribution in [3.8, 4) is 5.75 Å². The third kappa shape index (κ3) is 2.82. The Bertz CT molecular complexity index is 972. The predicted molar refractivity (Wildman–Crippen MR) is 108 cm³/mol. The van der Waals surface area contributed by atoms with Crippen molar-refractivity contribution in [1.82, 2.24) is 0 Å². The number of anilines is 2. The molecule has 3 fully saturated rings. The highest BCUT2D eigenvalue weighted by Gasteiger charge is 2.61. The number of carbonyl (C=O) groups excluding carboxylic acids is 3. The minimum absolute atomic E-state index is 0.0687. The van der Waals surface area contributed by atoms with Crippen molar-refractivity contribution in [1.29, 1.82) is 0 Å². The second-order valence-corrected chi connectivity index (χ2v) is 8.13. The van der Waals surface area contributed by atoms with E-state index in [1.807, 2.05) is 0 Å². The topological polar surface area (TPSA) is 75.7 Å². The Labute approximate surface area is 168 Å². The molecule has 1 N–H and O–H groups in total. The van der Waals surface area contributed by atoms with Gasteiger partial charge in [0.15, 0.2) is 0 Å². The van der Waals surface area contributed by atoms with Crippen molar-refractivity contribution >= 4 is 29.1 Å². The molecule has 2 aliphatic carbocycles. The lowest BCUT2D eigenvalue weighted by molar-refractivity contribution is -0.123. The average Bonchev–Trinajstić information content (AvgIpc) is 3.42. The summed E-state index contributed by atoms with van der Waals surface area (Å²) in [5.41, 5.74) is 1.63. The van der Waals surface area contributed by atoms with Crippen molar-refractivity contribution in [2.24, 2.45) is 23.7 Å². The third-order valence-electron chi connectivity index (χ3n) is 6.64. The van der Waals surface area contributed by atoms with Crippen LogP contribution < -0.4 is 15.0 Å². The van der Waals surface area contributed by atoms with E-state index in [9.17, 15) is 14.4 Å². The van der Waals surface area contributed by atoms with E-state index in [0.717, 1.165) is 19.3 Å². The Morgan fingerprint density at radius 2 is 1.66 bits per heavy atom. The zero-order chi connectivity index (χ0) is 20.1. The number of rotatable bonds is 4. The van der Waals surface area contributed by atoms with E-state index in [1.54, 1.807) is 55.6 Å². The first-order valence-corrected chi connectivity index (χ1v) is 10.00. The lowest BCUT2D eigenvalue weighted by Gasteiger charge is -2.19. The van der Waals surface area contributed by atoms with Crippen molar-refractivity contribution < 1.29 is 19.1 Å². The van der Waals surface area contributed by atoms with Gasteiger partial charge in [-0.05, 0) is 67.5 Å². The van der Waals surface area contributed by atoms with Crippen LogP contribution in [-0.2, 0) is 9.59 Å². The van der Waals surface area contributed by atoms with Gasteiger partial charge in [0.1, 0.15) is 5.75 Å². The van der Waals surface area contributed by atoms with Crippen LogP contribution in [0.5, 0.6) is 5.75 Å². The van der Waals surface area contributed by atoms with E-state index < -0.39 is 0 Å². The zero-order valence-corrected chi connectivity index (χ0v) is 16.1. The molecule has 1 saturated heterocycles. The Balaban J connectivity index is 1.33. The summed E-state index contributed by atoms with van der Waals surface area (Å²) in [5.74, 6) is 0.692. The maximum absolute atomic E-state index is 12.9. The average molecular weight is 390 g/mol. The molecule has 1 heterocycles. The van der Waals surface area contributed by atoms with E-state index in [4.69, 9.17) is 4.74 Å². The van der Waals surface area contributed by atoms with Crippen LogP contribution in [0.3, 0.4) is 0 Å². The molecule has 0 radical (unpaired) electrons. The van der Waals surface area contributed by atoms with Gasteiger partial charge in [0.25, 0.3) is 5.91 Å². The Morgan fingerprint density at radius 1 is 1.00 bits per heavy atom. The highest BCUT2D eigenvalue weighted by Crippen LogP contribution is 2.56. The minimum atomic E-state index is -0.265. The quantitative estimate of drug-likeness (QED) is 0.811. The van der Waals surface area contributed by atoms with Gasteiger partial charge >= 0.3 is 0 Å². The van der Waals surface area contributed by atoms with E-state index in [2.05, 4.69) is 5.32 Å². The summed E-state index contributed by atoms with van der Waals surface area (Å²) in [6, 6.07) is 13.8. The number of imide groups is 1. The Kier molecular flexibility index (Phi) is 4.15. The number of hydrogen-bond acceptors (Lipinski definition) is 4. The summed E-state index contributed by atoms with van der Waals surface area (Å²) in [5, 5.41) is 2.83. The van der Waals surface area contributed by atoms with Crippen molar-refractivity contribution in [3.05, 3.63) is 54.1 Å². The highest BCUT2D eigenvalue weighted by atomic mass is 16.5. The molecule has 6 nitrogen and oxygen atoms in total. The van der Waals surface area contributed by atoms with Crippen LogP contribution in [0.25, 0.3) is 0 Å². The SMILES string of the molecule is COc1cccc(NC(=O)c2ccc(N3C(=O)[C@H]4[C@@H]5CC[C@@H](C5)[C@@H]4C3=O)cc2)c1. The fourth-order valence-corrected chi connectivity index (χ4v) is 5.33. The second-order valence-electron chi connectivity index (χ2n) is 8.13. The number of fused-ring (bicyclic) bond motifs is 5. The van der Waals surface area contributed by atoms with Gasteiger partial charge in [-0.15, -0.1) is 0 Å². The summed E-state index contributed by atoms with van der Waals surface area (Å²) in [6.45, 7) is 0. The van der Waals surface area contributed by atoms with Crippen LogP contribution in [0, 0.1) is 23.7 Å². The molecule has 6 heteroatoms. The van der Waals surface area contributed by atoms with Crippen LogP contribution in [0.15, 0.2) is 48.5 Å². The summed E-state index contributed by atoms with van der Waals surface area (Å²) in [6.07, 6.45) is 3.13. The predicted octanol–water partition coefficient (Wildman–Crippen LogP) is 3.48. The number of benzene rings is 2. The molecule has 0 unspecified atom stereocenters. The number of carbonyl (C=O) groups is 3. The van der Waals surface area contributed by atoms with Gasteiger partial charge in [0.05, 0.1) is 24.6 Å². The largest absolute Gasteiger partial charge is 0.497 e. The zero-order valence-electron chi connectivity index (χ0n) is 16.1. The Hall–Kier alpha value is -3.15. The molecular weight excluding hydrogens is 368 g/mol. The molecule has 2 aromatic rings. The first-order chi connectivity index (χ1) is 14.1. The maximum Gasteiger partial charge on any atom is 0.255 e. The number of hydrogen-bond donors (Lipinski definition) is 1. The maximum atomic E-state index is 12.9. The molecule has 148 valence electrons.